The molecule has 1 unspecified atom stereocenters. The monoisotopic (exact) mass is 172 g/mol. The second-order valence-electron chi connectivity index (χ2n) is 3.81. The maximum atomic E-state index is 5.87. The van der Waals surface area contributed by atoms with Gasteiger partial charge < -0.3 is 11.1 Å². The molecule has 3 N–H and O–H groups in total. The fourth-order valence-corrected chi connectivity index (χ4v) is 2.37. The molecule has 0 saturated heterocycles. The molecule has 66 valence electrons. The van der Waals surface area contributed by atoms with Crippen LogP contribution in [0.15, 0.2) is 23.9 Å². The van der Waals surface area contributed by atoms with Crippen molar-refractivity contribution in [3.05, 3.63) is 35.0 Å². The van der Waals surface area contributed by atoms with Crippen LogP contribution in [0.2, 0.25) is 0 Å². The Balaban J connectivity index is 2.27. The van der Waals surface area contributed by atoms with Crippen LogP contribution in [0.5, 0.6) is 0 Å². The molecular formula is C11H12N2. The van der Waals surface area contributed by atoms with Crippen LogP contribution in [0.3, 0.4) is 0 Å². The van der Waals surface area contributed by atoms with E-state index in [1.165, 1.54) is 16.8 Å². The van der Waals surface area contributed by atoms with E-state index in [0.717, 1.165) is 18.7 Å². The van der Waals surface area contributed by atoms with Crippen molar-refractivity contribution in [2.24, 2.45) is 5.73 Å². The number of anilines is 1. The highest BCUT2D eigenvalue weighted by molar-refractivity contribution is 5.72. The van der Waals surface area contributed by atoms with E-state index >= 15 is 0 Å². The molecule has 0 fully saturated rings. The lowest BCUT2D eigenvalue weighted by atomic mass is 9.87. The van der Waals surface area contributed by atoms with E-state index in [2.05, 4.69) is 29.6 Å². The average Bonchev–Trinajstić information content (AvgIpc) is 2.50. The predicted octanol–water partition coefficient (Wildman–Crippen LogP) is 1.90. The van der Waals surface area contributed by atoms with Gasteiger partial charge in [-0.3, -0.25) is 0 Å². The van der Waals surface area contributed by atoms with Gasteiger partial charge in [-0.2, -0.15) is 0 Å². The SMILES string of the molecule is NC1=Cc2cccc3c2C(CN3)C1. The van der Waals surface area contributed by atoms with Crippen molar-refractivity contribution in [2.45, 2.75) is 12.3 Å². The number of nitrogens with one attached hydrogen (secondary N) is 1. The van der Waals surface area contributed by atoms with Crippen LogP contribution in [0.25, 0.3) is 6.08 Å². The van der Waals surface area contributed by atoms with Crippen molar-refractivity contribution in [3.8, 4) is 0 Å². The lowest BCUT2D eigenvalue weighted by molar-refractivity contribution is 0.731. The van der Waals surface area contributed by atoms with Crippen LogP contribution in [0, 0.1) is 0 Å². The quantitative estimate of drug-likeness (QED) is 0.627. The molecule has 0 spiro atoms. The minimum absolute atomic E-state index is 0.608. The van der Waals surface area contributed by atoms with E-state index in [0.29, 0.717) is 5.92 Å². The third-order valence-corrected chi connectivity index (χ3v) is 2.91. The van der Waals surface area contributed by atoms with E-state index in [-0.39, 0.29) is 0 Å². The van der Waals surface area contributed by atoms with E-state index in [1.54, 1.807) is 0 Å². The second kappa shape index (κ2) is 2.28. The summed E-state index contributed by atoms with van der Waals surface area (Å²) in [6.45, 7) is 1.04. The molecule has 0 aromatic heterocycles. The molecule has 1 aliphatic carbocycles. The van der Waals surface area contributed by atoms with E-state index < -0.39 is 0 Å². The fourth-order valence-electron chi connectivity index (χ4n) is 2.37. The van der Waals surface area contributed by atoms with E-state index in [9.17, 15) is 0 Å². The molecule has 0 radical (unpaired) electrons. The standard InChI is InChI=1S/C11H12N2/c12-9-4-7-2-1-3-10-11(7)8(5-9)6-13-10/h1-4,8,13H,5-6,12H2. The average molecular weight is 172 g/mol. The van der Waals surface area contributed by atoms with Crippen LogP contribution >= 0.6 is 0 Å². The first kappa shape index (κ1) is 7.01. The van der Waals surface area contributed by atoms with Crippen molar-refractivity contribution in [3.63, 3.8) is 0 Å². The van der Waals surface area contributed by atoms with Gasteiger partial charge in [-0.05, 0) is 29.7 Å². The van der Waals surface area contributed by atoms with E-state index in [4.69, 9.17) is 5.73 Å². The van der Waals surface area contributed by atoms with Gasteiger partial charge in [0, 0.05) is 23.8 Å². The van der Waals surface area contributed by atoms with Crippen molar-refractivity contribution in [1.29, 1.82) is 0 Å². The second-order valence-corrected chi connectivity index (χ2v) is 3.81. The Kier molecular flexibility index (Phi) is 1.23. The van der Waals surface area contributed by atoms with Crippen molar-refractivity contribution in [1.82, 2.24) is 0 Å². The highest BCUT2D eigenvalue weighted by Gasteiger charge is 2.27. The largest absolute Gasteiger partial charge is 0.402 e. The van der Waals surface area contributed by atoms with Crippen LogP contribution in [0.1, 0.15) is 23.5 Å². The zero-order valence-electron chi connectivity index (χ0n) is 7.38. The zero-order chi connectivity index (χ0) is 8.84. The van der Waals surface area contributed by atoms with Gasteiger partial charge in [-0.25, -0.2) is 0 Å². The summed E-state index contributed by atoms with van der Waals surface area (Å²) in [5, 5.41) is 3.41. The first-order valence-electron chi connectivity index (χ1n) is 4.67. The van der Waals surface area contributed by atoms with Crippen LogP contribution < -0.4 is 11.1 Å². The van der Waals surface area contributed by atoms with Crippen molar-refractivity contribution >= 4 is 11.8 Å². The topological polar surface area (TPSA) is 38.0 Å². The molecule has 1 aliphatic heterocycles. The molecule has 3 rings (SSSR count). The summed E-state index contributed by atoms with van der Waals surface area (Å²) in [5.41, 5.74) is 11.0. The molecule has 0 amide bonds. The Morgan fingerprint density at radius 3 is 3.23 bits per heavy atom. The van der Waals surface area contributed by atoms with Gasteiger partial charge in [0.1, 0.15) is 0 Å². The van der Waals surface area contributed by atoms with Crippen LogP contribution in [-0.2, 0) is 0 Å². The van der Waals surface area contributed by atoms with E-state index in [1.807, 2.05) is 0 Å². The molecule has 1 aromatic carbocycles. The number of nitrogens with two attached hydrogens (primary N) is 1. The lowest BCUT2D eigenvalue weighted by Crippen LogP contribution is -2.11. The lowest BCUT2D eigenvalue weighted by Gasteiger charge is -2.18. The summed E-state index contributed by atoms with van der Waals surface area (Å²) in [4.78, 5) is 0. The molecule has 0 bridgehead atoms. The zero-order valence-corrected chi connectivity index (χ0v) is 7.38. The minimum atomic E-state index is 0.608. The molecule has 1 aromatic rings. The number of benzene rings is 1. The maximum Gasteiger partial charge on any atom is 0.0382 e. The molecule has 13 heavy (non-hydrogen) atoms. The molecule has 1 heterocycles. The van der Waals surface area contributed by atoms with Crippen LogP contribution in [-0.4, -0.2) is 6.54 Å². The number of rotatable bonds is 0. The van der Waals surface area contributed by atoms with Gasteiger partial charge in [-0.1, -0.05) is 12.1 Å². The van der Waals surface area contributed by atoms with Gasteiger partial charge in [-0.15, -0.1) is 0 Å². The molecule has 2 aliphatic rings. The highest BCUT2D eigenvalue weighted by atomic mass is 14.9. The van der Waals surface area contributed by atoms with Gasteiger partial charge in [0.05, 0.1) is 0 Å². The highest BCUT2D eigenvalue weighted by Crippen LogP contribution is 2.40. The maximum absolute atomic E-state index is 5.87. The first-order valence-corrected chi connectivity index (χ1v) is 4.67. The van der Waals surface area contributed by atoms with Crippen LogP contribution in [0.4, 0.5) is 5.69 Å². The summed E-state index contributed by atoms with van der Waals surface area (Å²) in [5.74, 6) is 0.608. The summed E-state index contributed by atoms with van der Waals surface area (Å²) < 4.78 is 0. The number of allylic oxidation sites excluding steroid dienone is 1. The Hall–Kier alpha value is -1.44. The van der Waals surface area contributed by atoms with Gasteiger partial charge in [0.15, 0.2) is 0 Å². The number of hydrogen-bond donors (Lipinski definition) is 2. The summed E-state index contributed by atoms with van der Waals surface area (Å²) >= 11 is 0. The molecule has 1 atom stereocenters. The van der Waals surface area contributed by atoms with Crippen molar-refractivity contribution < 1.29 is 0 Å². The number of hydrogen-bond acceptors (Lipinski definition) is 2. The Bertz CT molecular complexity index is 393. The summed E-state index contributed by atoms with van der Waals surface area (Å²) in [6.07, 6.45) is 3.11. The third-order valence-electron chi connectivity index (χ3n) is 2.91. The van der Waals surface area contributed by atoms with Gasteiger partial charge >= 0.3 is 0 Å². The fraction of sp³-hybridized carbons (Fsp3) is 0.273. The third kappa shape index (κ3) is 0.886. The summed E-state index contributed by atoms with van der Waals surface area (Å²) in [7, 11) is 0. The summed E-state index contributed by atoms with van der Waals surface area (Å²) in [6, 6.07) is 6.37. The predicted molar refractivity (Wildman–Crippen MR) is 54.5 cm³/mol. The van der Waals surface area contributed by atoms with Crippen molar-refractivity contribution in [2.75, 3.05) is 11.9 Å². The minimum Gasteiger partial charge on any atom is -0.402 e. The normalized spacial score (nSPS) is 23.4. The van der Waals surface area contributed by atoms with Gasteiger partial charge in [0.25, 0.3) is 0 Å². The molecule has 2 nitrogen and oxygen atoms in total. The first-order chi connectivity index (χ1) is 6.34. The smallest absolute Gasteiger partial charge is 0.0382 e. The van der Waals surface area contributed by atoms with Gasteiger partial charge in [0.2, 0.25) is 0 Å². The Morgan fingerprint density at radius 1 is 1.38 bits per heavy atom. The Labute approximate surface area is 77.4 Å². The molecular weight excluding hydrogens is 160 g/mol. The molecule has 0 saturated carbocycles. The molecule has 2 heteroatoms. The Morgan fingerprint density at radius 2 is 2.31 bits per heavy atom.